The van der Waals surface area contributed by atoms with Crippen molar-refractivity contribution in [3.05, 3.63) is 33.9 Å². The van der Waals surface area contributed by atoms with Gasteiger partial charge >= 0.3 is 11.9 Å². The fraction of sp³-hybridized carbons (Fsp3) is 0.429. The minimum Gasteiger partial charge on any atom is -0.457 e. The molecule has 0 saturated heterocycles. The third kappa shape index (κ3) is 5.04. The molecular weight excluding hydrogens is 292 g/mol. The summed E-state index contributed by atoms with van der Waals surface area (Å²) in [5.41, 5.74) is -0.686. The first-order valence-corrected chi connectivity index (χ1v) is 6.49. The number of hydrogen-bond donors (Lipinski definition) is 1. The van der Waals surface area contributed by atoms with Gasteiger partial charge in [0, 0.05) is 13.1 Å². The zero-order valence-corrected chi connectivity index (χ0v) is 12.8. The van der Waals surface area contributed by atoms with Crippen LogP contribution in [-0.2, 0) is 14.3 Å². The summed E-state index contributed by atoms with van der Waals surface area (Å²) in [5, 5.41) is 13.6. The fourth-order valence-electron chi connectivity index (χ4n) is 1.60. The van der Waals surface area contributed by atoms with Gasteiger partial charge in [-0.2, -0.15) is 0 Å². The van der Waals surface area contributed by atoms with Gasteiger partial charge in [0.15, 0.2) is 6.61 Å². The molecular formula is C14H18N2O6. The Morgan fingerprint density at radius 3 is 2.45 bits per heavy atom. The molecule has 0 amide bonds. The molecule has 0 unspecified atom stereocenters. The first-order valence-electron chi connectivity index (χ1n) is 6.49. The zero-order chi connectivity index (χ0) is 16.9. The highest BCUT2D eigenvalue weighted by molar-refractivity contribution is 5.92. The Hall–Kier alpha value is -2.64. The Morgan fingerprint density at radius 1 is 1.32 bits per heavy atom. The van der Waals surface area contributed by atoms with Crippen LogP contribution < -0.4 is 5.32 Å². The number of nitrogens with one attached hydrogen (secondary N) is 1. The van der Waals surface area contributed by atoms with E-state index in [9.17, 15) is 19.7 Å². The van der Waals surface area contributed by atoms with E-state index in [-0.39, 0.29) is 16.9 Å². The molecule has 0 spiro atoms. The number of nitro groups is 1. The predicted octanol–water partition coefficient (Wildman–Crippen LogP) is 2.13. The summed E-state index contributed by atoms with van der Waals surface area (Å²) in [6, 6.07) is 3.85. The molecule has 1 rings (SSSR count). The van der Waals surface area contributed by atoms with Crippen molar-refractivity contribution in [2.45, 2.75) is 26.4 Å². The third-order valence-corrected chi connectivity index (χ3v) is 2.44. The maximum atomic E-state index is 11.8. The lowest BCUT2D eigenvalue weighted by atomic mass is 10.1. The quantitative estimate of drug-likeness (QED) is 0.504. The minimum absolute atomic E-state index is 0.0192. The van der Waals surface area contributed by atoms with Gasteiger partial charge in [-0.3, -0.25) is 10.1 Å². The van der Waals surface area contributed by atoms with Crippen molar-refractivity contribution in [3.63, 3.8) is 0 Å². The number of esters is 2. The van der Waals surface area contributed by atoms with Crippen LogP contribution >= 0.6 is 0 Å². The third-order valence-electron chi connectivity index (χ3n) is 2.44. The van der Waals surface area contributed by atoms with E-state index in [1.165, 1.54) is 19.2 Å². The van der Waals surface area contributed by atoms with Gasteiger partial charge in [0.05, 0.1) is 10.5 Å². The summed E-state index contributed by atoms with van der Waals surface area (Å²) in [5.74, 6) is -1.53. The van der Waals surface area contributed by atoms with Crippen LogP contribution in [0.1, 0.15) is 31.1 Å². The van der Waals surface area contributed by atoms with E-state index in [4.69, 9.17) is 9.47 Å². The van der Waals surface area contributed by atoms with Crippen molar-refractivity contribution in [2.75, 3.05) is 19.0 Å². The number of ether oxygens (including phenoxy) is 2. The van der Waals surface area contributed by atoms with E-state index in [1.54, 1.807) is 20.8 Å². The van der Waals surface area contributed by atoms with Gasteiger partial charge in [-0.15, -0.1) is 0 Å². The molecule has 120 valence electrons. The molecule has 0 fully saturated rings. The maximum Gasteiger partial charge on any atom is 0.344 e. The smallest absolute Gasteiger partial charge is 0.344 e. The van der Waals surface area contributed by atoms with Crippen LogP contribution in [0, 0.1) is 10.1 Å². The van der Waals surface area contributed by atoms with Crippen molar-refractivity contribution < 1.29 is 24.0 Å². The number of benzene rings is 1. The van der Waals surface area contributed by atoms with E-state index in [1.807, 2.05) is 0 Å². The molecule has 0 aliphatic rings. The minimum atomic E-state index is -0.836. The summed E-state index contributed by atoms with van der Waals surface area (Å²) >= 11 is 0. The average molecular weight is 310 g/mol. The van der Waals surface area contributed by atoms with Gasteiger partial charge in [0.2, 0.25) is 0 Å². The Morgan fingerprint density at radius 2 is 1.95 bits per heavy atom. The molecule has 1 aromatic carbocycles. The van der Waals surface area contributed by atoms with Crippen molar-refractivity contribution in [3.8, 4) is 0 Å². The summed E-state index contributed by atoms with van der Waals surface area (Å²) < 4.78 is 9.78. The van der Waals surface area contributed by atoms with Gasteiger partial charge < -0.3 is 14.8 Å². The van der Waals surface area contributed by atoms with E-state index >= 15 is 0 Å². The van der Waals surface area contributed by atoms with E-state index in [0.717, 1.165) is 6.07 Å². The van der Waals surface area contributed by atoms with Crippen LogP contribution in [0.15, 0.2) is 18.2 Å². The maximum absolute atomic E-state index is 11.8. The van der Waals surface area contributed by atoms with Crippen LogP contribution in [-0.4, -0.2) is 36.1 Å². The molecule has 0 aromatic heterocycles. The lowest BCUT2D eigenvalue weighted by Crippen LogP contribution is -2.27. The highest BCUT2D eigenvalue weighted by Crippen LogP contribution is 2.25. The summed E-state index contributed by atoms with van der Waals surface area (Å²) in [4.78, 5) is 33.6. The second-order valence-corrected chi connectivity index (χ2v) is 5.40. The SMILES string of the molecule is CNc1ccc(C(=O)OCC(=O)OC(C)(C)C)cc1[N+](=O)[O-]. The molecule has 0 aliphatic carbocycles. The van der Waals surface area contributed by atoms with Crippen LogP contribution in [0.4, 0.5) is 11.4 Å². The second-order valence-electron chi connectivity index (χ2n) is 5.40. The normalized spacial score (nSPS) is 10.7. The lowest BCUT2D eigenvalue weighted by molar-refractivity contribution is -0.384. The number of anilines is 1. The lowest BCUT2D eigenvalue weighted by Gasteiger charge is -2.19. The Labute approximate surface area is 127 Å². The number of carbonyl (C=O) groups excluding carboxylic acids is 2. The molecule has 0 heterocycles. The first-order chi connectivity index (χ1) is 10.1. The van der Waals surface area contributed by atoms with Crippen LogP contribution in [0.3, 0.4) is 0 Å². The fourth-order valence-corrected chi connectivity index (χ4v) is 1.60. The second kappa shape index (κ2) is 6.88. The molecule has 0 atom stereocenters. The Bertz CT molecular complexity index is 591. The molecule has 0 radical (unpaired) electrons. The highest BCUT2D eigenvalue weighted by atomic mass is 16.6. The van der Waals surface area contributed by atoms with Gasteiger partial charge in [-0.05, 0) is 32.9 Å². The number of nitrogens with zero attached hydrogens (tertiary/aromatic N) is 1. The van der Waals surface area contributed by atoms with E-state index in [2.05, 4.69) is 5.32 Å². The average Bonchev–Trinajstić information content (AvgIpc) is 2.42. The van der Waals surface area contributed by atoms with Gasteiger partial charge in [0.1, 0.15) is 11.3 Å². The van der Waals surface area contributed by atoms with Crippen molar-refractivity contribution in [1.82, 2.24) is 0 Å². The molecule has 1 N–H and O–H groups in total. The first kappa shape index (κ1) is 17.4. The van der Waals surface area contributed by atoms with Crippen LogP contribution in [0.5, 0.6) is 0 Å². The van der Waals surface area contributed by atoms with Gasteiger partial charge in [0.25, 0.3) is 5.69 Å². The Kier molecular flexibility index (Phi) is 5.44. The summed E-state index contributed by atoms with van der Waals surface area (Å²) in [7, 11) is 1.53. The van der Waals surface area contributed by atoms with Gasteiger partial charge in [-0.1, -0.05) is 0 Å². The summed E-state index contributed by atoms with van der Waals surface area (Å²) in [6.45, 7) is 4.50. The molecule has 0 bridgehead atoms. The monoisotopic (exact) mass is 310 g/mol. The summed E-state index contributed by atoms with van der Waals surface area (Å²) in [6.07, 6.45) is 0. The number of hydrogen-bond acceptors (Lipinski definition) is 7. The predicted molar refractivity (Wildman–Crippen MR) is 78.8 cm³/mol. The van der Waals surface area contributed by atoms with Crippen molar-refractivity contribution >= 4 is 23.3 Å². The topological polar surface area (TPSA) is 108 Å². The van der Waals surface area contributed by atoms with Crippen LogP contribution in [0.25, 0.3) is 0 Å². The van der Waals surface area contributed by atoms with Gasteiger partial charge in [-0.25, -0.2) is 9.59 Å². The number of carbonyl (C=O) groups is 2. The molecule has 8 heteroatoms. The molecule has 8 nitrogen and oxygen atoms in total. The van der Waals surface area contributed by atoms with Crippen LogP contribution in [0.2, 0.25) is 0 Å². The largest absolute Gasteiger partial charge is 0.457 e. The molecule has 0 saturated carbocycles. The van der Waals surface area contributed by atoms with E-state index in [0.29, 0.717) is 0 Å². The highest BCUT2D eigenvalue weighted by Gasteiger charge is 2.20. The zero-order valence-electron chi connectivity index (χ0n) is 12.8. The standard InChI is InChI=1S/C14H18N2O6/c1-14(2,3)22-12(17)8-21-13(18)9-5-6-10(15-4)11(7-9)16(19)20/h5-7,15H,8H2,1-4H3. The van der Waals surface area contributed by atoms with E-state index < -0.39 is 29.1 Å². The molecule has 0 aliphatic heterocycles. The Balaban J connectivity index is 2.76. The molecule has 22 heavy (non-hydrogen) atoms. The van der Waals surface area contributed by atoms with Crippen molar-refractivity contribution in [1.29, 1.82) is 0 Å². The number of rotatable bonds is 5. The number of nitro benzene ring substituents is 1. The van der Waals surface area contributed by atoms with Crippen molar-refractivity contribution in [2.24, 2.45) is 0 Å². The molecule has 1 aromatic rings.